The molecule has 2 heterocycles. The Kier molecular flexibility index (Phi) is 2.95. The Morgan fingerprint density at radius 3 is 2.70 bits per heavy atom. The second kappa shape index (κ2) is 4.77. The largest absolute Gasteiger partial charge is 0.481 e. The van der Waals surface area contributed by atoms with Crippen LogP contribution in [0.25, 0.3) is 22.2 Å². The van der Waals surface area contributed by atoms with Crippen LogP contribution in [0.15, 0.2) is 51.7 Å². The van der Waals surface area contributed by atoms with Crippen LogP contribution < -0.4 is 10.4 Å². The van der Waals surface area contributed by atoms with Crippen molar-refractivity contribution in [3.05, 3.63) is 58.7 Å². The fraction of sp³-hybridized carbons (Fsp3) is 0.0667. The zero-order chi connectivity index (χ0) is 14.1. The van der Waals surface area contributed by atoms with Crippen molar-refractivity contribution in [2.75, 3.05) is 7.11 Å². The molecule has 20 heavy (non-hydrogen) atoms. The minimum atomic E-state index is -0.636. The first kappa shape index (κ1) is 12.3. The number of aromatic nitrogens is 1. The Morgan fingerprint density at radius 1 is 1.15 bits per heavy atom. The molecule has 0 unspecified atom stereocenters. The topological polar surface area (TPSA) is 52.3 Å². The highest BCUT2D eigenvalue weighted by Crippen LogP contribution is 2.23. The maximum absolute atomic E-state index is 13.8. The van der Waals surface area contributed by atoms with Crippen LogP contribution in [0.4, 0.5) is 4.39 Å². The molecular weight excluding hydrogens is 261 g/mol. The van der Waals surface area contributed by atoms with Crippen LogP contribution in [-0.2, 0) is 0 Å². The van der Waals surface area contributed by atoms with E-state index < -0.39 is 11.4 Å². The summed E-state index contributed by atoms with van der Waals surface area (Å²) < 4.78 is 23.9. The molecule has 0 fully saturated rings. The van der Waals surface area contributed by atoms with Gasteiger partial charge in [0.25, 0.3) is 0 Å². The minimum absolute atomic E-state index is 0.162. The minimum Gasteiger partial charge on any atom is -0.481 e. The van der Waals surface area contributed by atoms with Gasteiger partial charge in [-0.3, -0.25) is 0 Å². The second-order valence-electron chi connectivity index (χ2n) is 4.18. The van der Waals surface area contributed by atoms with Gasteiger partial charge in [0, 0.05) is 17.0 Å². The van der Waals surface area contributed by atoms with E-state index in [2.05, 4.69) is 4.98 Å². The molecule has 0 atom stereocenters. The van der Waals surface area contributed by atoms with Crippen LogP contribution in [0.5, 0.6) is 5.88 Å². The lowest BCUT2D eigenvalue weighted by Crippen LogP contribution is -2.04. The van der Waals surface area contributed by atoms with Crippen LogP contribution in [0.3, 0.4) is 0 Å². The summed E-state index contributed by atoms with van der Waals surface area (Å²) in [5.74, 6) is -0.125. The molecule has 0 spiro atoms. The zero-order valence-corrected chi connectivity index (χ0v) is 10.6. The molecule has 0 bridgehead atoms. The van der Waals surface area contributed by atoms with Gasteiger partial charge < -0.3 is 9.15 Å². The van der Waals surface area contributed by atoms with Gasteiger partial charge in [-0.1, -0.05) is 18.2 Å². The predicted molar refractivity (Wildman–Crippen MR) is 72.2 cm³/mol. The van der Waals surface area contributed by atoms with Gasteiger partial charge in [0.2, 0.25) is 11.6 Å². The summed E-state index contributed by atoms with van der Waals surface area (Å²) in [5, 5.41) is 0.601. The summed E-state index contributed by atoms with van der Waals surface area (Å²) >= 11 is 0. The molecular formula is C15H10FNO3. The SMILES string of the molecule is COc1ccc2cc(-c3ccccc3F)c(=O)oc2n1. The lowest BCUT2D eigenvalue weighted by molar-refractivity contribution is 0.396. The standard InChI is InChI=1S/C15H10FNO3/c1-19-13-7-6-9-8-11(15(18)20-14(9)17-13)10-4-2-3-5-12(10)16/h2-8H,1H3. The molecule has 0 amide bonds. The van der Waals surface area contributed by atoms with Crippen molar-refractivity contribution in [2.24, 2.45) is 0 Å². The van der Waals surface area contributed by atoms with E-state index in [1.54, 1.807) is 30.3 Å². The van der Waals surface area contributed by atoms with Crippen LogP contribution in [0.2, 0.25) is 0 Å². The average Bonchev–Trinajstić information content (AvgIpc) is 2.47. The molecule has 0 aliphatic carbocycles. The molecule has 2 aromatic heterocycles. The molecule has 0 saturated heterocycles. The third-order valence-corrected chi connectivity index (χ3v) is 2.95. The first-order valence-corrected chi connectivity index (χ1v) is 5.93. The first-order chi connectivity index (χ1) is 9.69. The molecule has 3 aromatic rings. The average molecular weight is 271 g/mol. The van der Waals surface area contributed by atoms with Crippen LogP contribution >= 0.6 is 0 Å². The van der Waals surface area contributed by atoms with E-state index in [0.717, 1.165) is 0 Å². The number of rotatable bonds is 2. The van der Waals surface area contributed by atoms with Crippen molar-refractivity contribution in [3.8, 4) is 17.0 Å². The Morgan fingerprint density at radius 2 is 1.95 bits per heavy atom. The molecule has 3 rings (SSSR count). The third-order valence-electron chi connectivity index (χ3n) is 2.95. The van der Waals surface area contributed by atoms with E-state index in [1.165, 1.54) is 19.2 Å². The van der Waals surface area contributed by atoms with Crippen molar-refractivity contribution < 1.29 is 13.5 Å². The van der Waals surface area contributed by atoms with Gasteiger partial charge in [0.15, 0.2) is 0 Å². The van der Waals surface area contributed by atoms with Crippen molar-refractivity contribution in [3.63, 3.8) is 0 Å². The number of halogens is 1. The molecule has 0 aliphatic rings. The van der Waals surface area contributed by atoms with Gasteiger partial charge in [-0.05, 0) is 18.2 Å². The molecule has 1 aromatic carbocycles. The van der Waals surface area contributed by atoms with Crippen molar-refractivity contribution in [1.82, 2.24) is 4.98 Å². The lowest BCUT2D eigenvalue weighted by atomic mass is 10.1. The third kappa shape index (κ3) is 2.03. The summed E-state index contributed by atoms with van der Waals surface area (Å²) in [4.78, 5) is 16.0. The molecule has 5 heteroatoms. The number of fused-ring (bicyclic) bond motifs is 1. The number of hydrogen-bond acceptors (Lipinski definition) is 4. The first-order valence-electron chi connectivity index (χ1n) is 5.93. The summed E-state index contributed by atoms with van der Waals surface area (Å²) in [5.41, 5.74) is -0.0978. The molecule has 0 saturated carbocycles. The van der Waals surface area contributed by atoms with Crippen LogP contribution in [0.1, 0.15) is 0 Å². The predicted octanol–water partition coefficient (Wildman–Crippen LogP) is 3.00. The van der Waals surface area contributed by atoms with Gasteiger partial charge in [-0.25, -0.2) is 9.18 Å². The maximum Gasteiger partial charge on any atom is 0.345 e. The van der Waals surface area contributed by atoms with Gasteiger partial charge in [-0.2, -0.15) is 4.98 Å². The Hall–Kier alpha value is -2.69. The molecule has 0 radical (unpaired) electrons. The second-order valence-corrected chi connectivity index (χ2v) is 4.18. The van der Waals surface area contributed by atoms with E-state index in [1.807, 2.05) is 0 Å². The number of hydrogen-bond donors (Lipinski definition) is 0. The highest BCUT2D eigenvalue weighted by molar-refractivity contribution is 5.79. The number of pyridine rings is 1. The van der Waals surface area contributed by atoms with Gasteiger partial charge in [0.05, 0.1) is 12.7 Å². The quantitative estimate of drug-likeness (QED) is 0.719. The fourth-order valence-corrected chi connectivity index (χ4v) is 1.96. The van der Waals surface area contributed by atoms with E-state index in [-0.39, 0.29) is 16.8 Å². The summed E-state index contributed by atoms with van der Waals surface area (Å²) in [6.07, 6.45) is 0. The smallest absolute Gasteiger partial charge is 0.345 e. The van der Waals surface area contributed by atoms with Gasteiger partial charge in [0.1, 0.15) is 5.82 Å². The molecule has 0 N–H and O–H groups in total. The Labute approximate surface area is 113 Å². The van der Waals surface area contributed by atoms with E-state index in [0.29, 0.717) is 11.3 Å². The van der Waals surface area contributed by atoms with E-state index >= 15 is 0 Å². The molecule has 4 nitrogen and oxygen atoms in total. The van der Waals surface area contributed by atoms with Gasteiger partial charge in [-0.15, -0.1) is 0 Å². The zero-order valence-electron chi connectivity index (χ0n) is 10.6. The Balaban J connectivity index is 2.26. The fourth-order valence-electron chi connectivity index (χ4n) is 1.96. The van der Waals surface area contributed by atoms with Crippen molar-refractivity contribution >= 4 is 11.1 Å². The van der Waals surface area contributed by atoms with Crippen LogP contribution in [0, 0.1) is 5.82 Å². The highest BCUT2D eigenvalue weighted by atomic mass is 19.1. The number of methoxy groups -OCH3 is 1. The highest BCUT2D eigenvalue weighted by Gasteiger charge is 2.12. The summed E-state index contributed by atoms with van der Waals surface area (Å²) in [6, 6.07) is 11.0. The number of ether oxygens (including phenoxy) is 1. The number of nitrogens with zero attached hydrogens (tertiary/aromatic N) is 1. The molecule has 100 valence electrons. The van der Waals surface area contributed by atoms with E-state index in [9.17, 15) is 9.18 Å². The summed E-state index contributed by atoms with van der Waals surface area (Å²) in [7, 11) is 1.47. The number of benzene rings is 1. The monoisotopic (exact) mass is 271 g/mol. The van der Waals surface area contributed by atoms with Crippen molar-refractivity contribution in [1.29, 1.82) is 0 Å². The normalized spacial score (nSPS) is 10.7. The van der Waals surface area contributed by atoms with Crippen molar-refractivity contribution in [2.45, 2.75) is 0 Å². The maximum atomic E-state index is 13.8. The lowest BCUT2D eigenvalue weighted by Gasteiger charge is -2.04. The Bertz CT molecular complexity index is 842. The van der Waals surface area contributed by atoms with Gasteiger partial charge >= 0.3 is 5.63 Å². The molecule has 0 aliphatic heterocycles. The van der Waals surface area contributed by atoms with E-state index in [4.69, 9.17) is 9.15 Å². The summed E-state index contributed by atoms with van der Waals surface area (Å²) in [6.45, 7) is 0. The van der Waals surface area contributed by atoms with Crippen LogP contribution in [-0.4, -0.2) is 12.1 Å².